The molecule has 1 saturated heterocycles. The summed E-state index contributed by atoms with van der Waals surface area (Å²) in [7, 11) is 1.58. The van der Waals surface area contributed by atoms with Crippen molar-refractivity contribution in [2.24, 2.45) is 0 Å². The molecule has 2 N–H and O–H groups in total. The first-order chi connectivity index (χ1) is 15.5. The standard InChI is InChI=1S/C24H26N4O4/c1-32-19-8-6-17(7-9-19)16-28-23(30)20(26-24(28)31)10-11-22(29)25-13-15-27-14-12-18-4-2-3-5-21(18)27/h2-9,12,14,20H,10-11,13,15-16H2,1H3,(H,25,29)(H,26,31). The average Bonchev–Trinajstić information content (AvgIpc) is 3.34. The number of methoxy groups -OCH3 is 1. The average molecular weight is 434 g/mol. The van der Waals surface area contributed by atoms with Crippen molar-refractivity contribution in [2.75, 3.05) is 13.7 Å². The van der Waals surface area contributed by atoms with E-state index in [1.165, 1.54) is 4.90 Å². The van der Waals surface area contributed by atoms with Crippen LogP contribution < -0.4 is 15.4 Å². The summed E-state index contributed by atoms with van der Waals surface area (Å²) < 4.78 is 7.21. The van der Waals surface area contributed by atoms with E-state index in [9.17, 15) is 14.4 Å². The van der Waals surface area contributed by atoms with Crippen molar-refractivity contribution in [1.82, 2.24) is 20.1 Å². The maximum atomic E-state index is 12.6. The molecule has 166 valence electrons. The number of hydrogen-bond acceptors (Lipinski definition) is 4. The molecule has 0 bridgehead atoms. The van der Waals surface area contributed by atoms with Crippen LogP contribution in [0.2, 0.25) is 0 Å². The van der Waals surface area contributed by atoms with E-state index >= 15 is 0 Å². The molecule has 0 radical (unpaired) electrons. The normalized spacial score (nSPS) is 15.8. The molecule has 4 rings (SSSR count). The zero-order valence-corrected chi connectivity index (χ0v) is 17.9. The molecule has 4 amide bonds. The molecular weight excluding hydrogens is 408 g/mol. The van der Waals surface area contributed by atoms with E-state index in [0.717, 1.165) is 16.5 Å². The first-order valence-corrected chi connectivity index (χ1v) is 10.6. The van der Waals surface area contributed by atoms with Crippen LogP contribution >= 0.6 is 0 Å². The molecular formula is C24H26N4O4. The van der Waals surface area contributed by atoms with Crippen LogP contribution in [0.4, 0.5) is 4.79 Å². The monoisotopic (exact) mass is 434 g/mol. The number of carbonyl (C=O) groups is 3. The van der Waals surface area contributed by atoms with Gasteiger partial charge in [-0.25, -0.2) is 4.79 Å². The Hall–Kier alpha value is -3.81. The van der Waals surface area contributed by atoms with Crippen LogP contribution in [-0.4, -0.2) is 47.0 Å². The van der Waals surface area contributed by atoms with Crippen LogP contribution in [0.3, 0.4) is 0 Å². The SMILES string of the molecule is COc1ccc(CN2C(=O)NC(CCC(=O)NCCn3ccc4ccccc43)C2=O)cc1. The minimum atomic E-state index is -0.681. The molecule has 1 aliphatic rings. The Balaban J connectivity index is 1.23. The molecule has 1 atom stereocenters. The van der Waals surface area contributed by atoms with Crippen LogP contribution in [0.25, 0.3) is 10.9 Å². The summed E-state index contributed by atoms with van der Waals surface area (Å²) in [5, 5.41) is 6.73. The molecule has 0 aliphatic carbocycles. The highest BCUT2D eigenvalue weighted by atomic mass is 16.5. The summed E-state index contributed by atoms with van der Waals surface area (Å²) in [5.41, 5.74) is 1.95. The van der Waals surface area contributed by atoms with Crippen LogP contribution in [0, 0.1) is 0 Å². The number of fused-ring (bicyclic) bond motifs is 1. The molecule has 1 aromatic heterocycles. The second-order valence-electron chi connectivity index (χ2n) is 7.73. The van der Waals surface area contributed by atoms with Gasteiger partial charge in [0.25, 0.3) is 5.91 Å². The minimum Gasteiger partial charge on any atom is -0.497 e. The molecule has 2 aromatic carbocycles. The Labute approximate surface area is 186 Å². The number of imide groups is 1. The fourth-order valence-electron chi connectivity index (χ4n) is 3.85. The highest BCUT2D eigenvalue weighted by Crippen LogP contribution is 2.18. The Morgan fingerprint density at radius 2 is 1.88 bits per heavy atom. The number of benzene rings is 2. The molecule has 1 unspecified atom stereocenters. The summed E-state index contributed by atoms with van der Waals surface area (Å²) in [5.74, 6) is 0.259. The predicted molar refractivity (Wildman–Crippen MR) is 120 cm³/mol. The summed E-state index contributed by atoms with van der Waals surface area (Å²) in [6.45, 7) is 1.34. The summed E-state index contributed by atoms with van der Waals surface area (Å²) in [6, 6.07) is 16.2. The van der Waals surface area contributed by atoms with Crippen molar-refractivity contribution in [3.05, 3.63) is 66.4 Å². The van der Waals surface area contributed by atoms with Crippen LogP contribution in [-0.2, 0) is 22.7 Å². The minimum absolute atomic E-state index is 0.142. The molecule has 1 fully saturated rings. The van der Waals surface area contributed by atoms with Gasteiger partial charge < -0.3 is 19.9 Å². The second-order valence-corrected chi connectivity index (χ2v) is 7.73. The number of urea groups is 1. The summed E-state index contributed by atoms with van der Waals surface area (Å²) in [4.78, 5) is 38.3. The molecule has 32 heavy (non-hydrogen) atoms. The van der Waals surface area contributed by atoms with Crippen LogP contribution in [0.15, 0.2) is 60.8 Å². The number of ether oxygens (including phenoxy) is 1. The van der Waals surface area contributed by atoms with Crippen molar-refractivity contribution in [3.63, 3.8) is 0 Å². The van der Waals surface area contributed by atoms with Crippen molar-refractivity contribution in [2.45, 2.75) is 32.0 Å². The Kier molecular flexibility index (Phi) is 6.39. The Bertz CT molecular complexity index is 1120. The molecule has 3 aromatic rings. The predicted octanol–water partition coefficient (Wildman–Crippen LogP) is 2.67. The highest BCUT2D eigenvalue weighted by Gasteiger charge is 2.37. The Morgan fingerprint density at radius 3 is 2.66 bits per heavy atom. The van der Waals surface area contributed by atoms with Gasteiger partial charge in [-0.15, -0.1) is 0 Å². The lowest BCUT2D eigenvalue weighted by molar-refractivity contribution is -0.128. The van der Waals surface area contributed by atoms with E-state index in [1.54, 1.807) is 19.2 Å². The third-order valence-corrected chi connectivity index (χ3v) is 5.62. The number of rotatable bonds is 9. The number of aromatic nitrogens is 1. The van der Waals surface area contributed by atoms with Gasteiger partial charge in [0, 0.05) is 31.2 Å². The second kappa shape index (κ2) is 9.55. The van der Waals surface area contributed by atoms with Crippen molar-refractivity contribution < 1.29 is 19.1 Å². The van der Waals surface area contributed by atoms with Gasteiger partial charge in [-0.2, -0.15) is 0 Å². The van der Waals surface area contributed by atoms with Gasteiger partial charge in [0.15, 0.2) is 0 Å². The van der Waals surface area contributed by atoms with Gasteiger partial charge in [0.1, 0.15) is 11.8 Å². The fourth-order valence-corrected chi connectivity index (χ4v) is 3.85. The third-order valence-electron chi connectivity index (χ3n) is 5.62. The van der Waals surface area contributed by atoms with E-state index in [4.69, 9.17) is 4.74 Å². The van der Waals surface area contributed by atoms with Crippen molar-refractivity contribution in [1.29, 1.82) is 0 Å². The lowest BCUT2D eigenvalue weighted by Gasteiger charge is -2.13. The molecule has 1 aliphatic heterocycles. The van der Waals surface area contributed by atoms with Crippen molar-refractivity contribution in [3.8, 4) is 5.75 Å². The molecule has 2 heterocycles. The molecule has 8 nitrogen and oxygen atoms in total. The quantitative estimate of drug-likeness (QED) is 0.507. The van der Waals surface area contributed by atoms with Gasteiger partial charge in [-0.3, -0.25) is 14.5 Å². The smallest absolute Gasteiger partial charge is 0.325 e. The van der Waals surface area contributed by atoms with Gasteiger partial charge in [-0.05, 0) is 41.6 Å². The van der Waals surface area contributed by atoms with E-state index in [0.29, 0.717) is 18.8 Å². The number of hydrogen-bond donors (Lipinski definition) is 2. The largest absolute Gasteiger partial charge is 0.497 e. The van der Waals surface area contributed by atoms with Crippen LogP contribution in [0.1, 0.15) is 18.4 Å². The molecule has 0 saturated carbocycles. The lowest BCUT2D eigenvalue weighted by Crippen LogP contribution is -2.33. The van der Waals surface area contributed by atoms with E-state index in [2.05, 4.69) is 21.3 Å². The Morgan fingerprint density at radius 1 is 1.09 bits per heavy atom. The zero-order chi connectivity index (χ0) is 22.5. The number of nitrogens with one attached hydrogen (secondary N) is 2. The van der Waals surface area contributed by atoms with Gasteiger partial charge in [0.2, 0.25) is 5.91 Å². The first kappa shape index (κ1) is 21.4. The number of nitrogens with zero attached hydrogens (tertiary/aromatic N) is 2. The number of para-hydroxylation sites is 1. The lowest BCUT2D eigenvalue weighted by atomic mass is 10.1. The molecule has 8 heteroatoms. The van der Waals surface area contributed by atoms with Gasteiger partial charge in [-0.1, -0.05) is 30.3 Å². The van der Waals surface area contributed by atoms with Crippen LogP contribution in [0.5, 0.6) is 5.75 Å². The van der Waals surface area contributed by atoms with Gasteiger partial charge >= 0.3 is 6.03 Å². The number of carbonyl (C=O) groups excluding carboxylic acids is 3. The summed E-state index contributed by atoms with van der Waals surface area (Å²) in [6.07, 6.45) is 2.43. The maximum Gasteiger partial charge on any atom is 0.325 e. The zero-order valence-electron chi connectivity index (χ0n) is 17.9. The van der Waals surface area contributed by atoms with E-state index in [1.807, 2.05) is 42.6 Å². The maximum absolute atomic E-state index is 12.6. The van der Waals surface area contributed by atoms with E-state index < -0.39 is 12.1 Å². The van der Waals surface area contributed by atoms with Crippen molar-refractivity contribution >= 4 is 28.7 Å². The summed E-state index contributed by atoms with van der Waals surface area (Å²) >= 11 is 0. The fraction of sp³-hybridized carbons (Fsp3) is 0.292. The first-order valence-electron chi connectivity index (χ1n) is 10.6. The van der Waals surface area contributed by atoms with Gasteiger partial charge in [0.05, 0.1) is 13.7 Å². The highest BCUT2D eigenvalue weighted by molar-refractivity contribution is 6.04. The molecule has 0 spiro atoms. The third kappa shape index (κ3) is 4.74. The van der Waals surface area contributed by atoms with E-state index in [-0.39, 0.29) is 31.2 Å². The number of amides is 4. The topological polar surface area (TPSA) is 92.7 Å².